The molecule has 0 saturated heterocycles. The third-order valence-corrected chi connectivity index (χ3v) is 6.15. The second-order valence-corrected chi connectivity index (χ2v) is 8.12. The third-order valence-electron chi connectivity index (χ3n) is 5.01. The van der Waals surface area contributed by atoms with Crippen LogP contribution in [-0.2, 0) is 24.6 Å². The average molecular weight is 371 g/mol. The number of rotatable bonds is 3. The van der Waals surface area contributed by atoms with Gasteiger partial charge in [0.2, 0.25) is 0 Å². The molecule has 0 bridgehead atoms. The molecular formula is C19H21N3O3S. The van der Waals surface area contributed by atoms with Gasteiger partial charge < -0.3 is 14.3 Å². The lowest BCUT2D eigenvalue weighted by atomic mass is 9.89. The number of carbonyl (C=O) groups is 1. The summed E-state index contributed by atoms with van der Waals surface area (Å²) >= 11 is 1.59. The minimum atomic E-state index is -0.632. The number of aromatic amines is 1. The van der Waals surface area contributed by atoms with E-state index in [2.05, 4.69) is 16.9 Å². The molecule has 3 aromatic rings. The van der Waals surface area contributed by atoms with Crippen LogP contribution in [0.1, 0.15) is 53.1 Å². The van der Waals surface area contributed by atoms with Crippen molar-refractivity contribution < 1.29 is 9.53 Å². The van der Waals surface area contributed by atoms with Crippen molar-refractivity contribution in [1.29, 1.82) is 0 Å². The van der Waals surface area contributed by atoms with Crippen LogP contribution in [0.25, 0.3) is 10.2 Å². The molecule has 0 fully saturated rings. The Balaban J connectivity index is 1.66. The number of fused-ring (bicyclic) bond motifs is 3. The first-order chi connectivity index (χ1) is 12.4. The maximum Gasteiger partial charge on any atom is 0.355 e. The molecule has 1 aliphatic carbocycles. The summed E-state index contributed by atoms with van der Waals surface area (Å²) in [6, 6.07) is 3.48. The first kappa shape index (κ1) is 17.0. The SMILES string of the molecule is C[C@@H]1CCc2c(sc3nc([C@@H](C)OC(=O)c4cccn4C)[nH]c(=O)c23)C1. The van der Waals surface area contributed by atoms with Gasteiger partial charge >= 0.3 is 5.97 Å². The topological polar surface area (TPSA) is 77.0 Å². The summed E-state index contributed by atoms with van der Waals surface area (Å²) in [5.74, 6) is 0.586. The van der Waals surface area contributed by atoms with E-state index in [1.54, 1.807) is 48.2 Å². The molecule has 0 aromatic carbocycles. The summed E-state index contributed by atoms with van der Waals surface area (Å²) in [6.07, 6.45) is 4.18. The van der Waals surface area contributed by atoms with Gasteiger partial charge in [-0.3, -0.25) is 4.79 Å². The maximum atomic E-state index is 12.7. The molecule has 0 amide bonds. The number of hydrogen-bond donors (Lipinski definition) is 1. The molecule has 3 aromatic heterocycles. The molecule has 0 saturated carbocycles. The van der Waals surface area contributed by atoms with Gasteiger partial charge in [-0.05, 0) is 49.8 Å². The van der Waals surface area contributed by atoms with E-state index in [4.69, 9.17) is 4.74 Å². The zero-order valence-corrected chi connectivity index (χ0v) is 15.9. The van der Waals surface area contributed by atoms with Crippen molar-refractivity contribution in [1.82, 2.24) is 14.5 Å². The molecule has 6 nitrogen and oxygen atoms in total. The van der Waals surface area contributed by atoms with E-state index in [0.29, 0.717) is 22.8 Å². The lowest BCUT2D eigenvalue weighted by molar-refractivity contribution is 0.0309. The Hall–Kier alpha value is -2.41. The molecule has 1 N–H and O–H groups in total. The fraction of sp³-hybridized carbons (Fsp3) is 0.421. The highest BCUT2D eigenvalue weighted by atomic mass is 32.1. The number of thiophene rings is 1. The van der Waals surface area contributed by atoms with Crippen molar-refractivity contribution in [2.75, 3.05) is 0 Å². The Morgan fingerprint density at radius 2 is 2.31 bits per heavy atom. The largest absolute Gasteiger partial charge is 0.450 e. The summed E-state index contributed by atoms with van der Waals surface area (Å²) in [6.45, 7) is 3.96. The number of nitrogens with zero attached hydrogens (tertiary/aromatic N) is 2. The van der Waals surface area contributed by atoms with Crippen LogP contribution in [0.2, 0.25) is 0 Å². The zero-order chi connectivity index (χ0) is 18.4. The Labute approximate surface area is 154 Å². The van der Waals surface area contributed by atoms with E-state index in [0.717, 1.165) is 29.7 Å². The third kappa shape index (κ3) is 2.86. The molecule has 4 rings (SSSR count). The highest BCUT2D eigenvalue weighted by Crippen LogP contribution is 2.36. The second-order valence-electron chi connectivity index (χ2n) is 7.03. The number of nitrogens with one attached hydrogen (secondary N) is 1. The number of H-pyrrole nitrogens is 1. The number of hydrogen-bond acceptors (Lipinski definition) is 5. The van der Waals surface area contributed by atoms with Crippen molar-refractivity contribution in [2.24, 2.45) is 13.0 Å². The van der Waals surface area contributed by atoms with E-state index in [1.165, 1.54) is 4.88 Å². The molecule has 3 heterocycles. The predicted octanol–water partition coefficient (Wildman–Crippen LogP) is 3.37. The summed E-state index contributed by atoms with van der Waals surface area (Å²) in [4.78, 5) is 34.4. The van der Waals surface area contributed by atoms with Gasteiger partial charge in [0.1, 0.15) is 10.5 Å². The molecule has 2 atom stereocenters. The van der Waals surface area contributed by atoms with Crippen LogP contribution in [0.5, 0.6) is 0 Å². The molecule has 26 heavy (non-hydrogen) atoms. The van der Waals surface area contributed by atoms with Crippen LogP contribution in [0.15, 0.2) is 23.1 Å². The minimum absolute atomic E-state index is 0.140. The van der Waals surface area contributed by atoms with Gasteiger partial charge in [-0.1, -0.05) is 6.92 Å². The number of carbonyl (C=O) groups excluding carboxylic acids is 1. The fourth-order valence-corrected chi connectivity index (χ4v) is 4.90. The minimum Gasteiger partial charge on any atom is -0.450 e. The van der Waals surface area contributed by atoms with Gasteiger partial charge in [-0.15, -0.1) is 11.3 Å². The highest BCUT2D eigenvalue weighted by Gasteiger charge is 2.24. The van der Waals surface area contributed by atoms with Gasteiger partial charge in [-0.25, -0.2) is 9.78 Å². The molecule has 0 radical (unpaired) electrons. The molecule has 136 valence electrons. The van der Waals surface area contributed by atoms with Crippen molar-refractivity contribution in [3.63, 3.8) is 0 Å². The van der Waals surface area contributed by atoms with Crippen LogP contribution in [0, 0.1) is 5.92 Å². The second kappa shape index (κ2) is 6.39. The summed E-state index contributed by atoms with van der Waals surface area (Å²) < 4.78 is 7.19. The van der Waals surface area contributed by atoms with Gasteiger partial charge in [-0.2, -0.15) is 0 Å². The molecule has 0 unspecified atom stereocenters. The van der Waals surface area contributed by atoms with Crippen molar-refractivity contribution in [3.8, 4) is 0 Å². The van der Waals surface area contributed by atoms with Crippen molar-refractivity contribution in [3.05, 3.63) is 50.6 Å². The number of ether oxygens (including phenoxy) is 1. The molecule has 7 heteroatoms. The lowest BCUT2D eigenvalue weighted by Gasteiger charge is -2.17. The van der Waals surface area contributed by atoms with Crippen LogP contribution in [0.4, 0.5) is 0 Å². The summed E-state index contributed by atoms with van der Waals surface area (Å²) in [5, 5.41) is 0.710. The van der Waals surface area contributed by atoms with Gasteiger partial charge in [0.15, 0.2) is 11.9 Å². The Morgan fingerprint density at radius 1 is 1.50 bits per heavy atom. The van der Waals surface area contributed by atoms with Crippen LogP contribution >= 0.6 is 11.3 Å². The smallest absolute Gasteiger partial charge is 0.355 e. The van der Waals surface area contributed by atoms with E-state index in [9.17, 15) is 9.59 Å². The average Bonchev–Trinajstić information content (AvgIpc) is 3.17. The standard InChI is InChI=1S/C19H21N3O3S/c1-10-6-7-12-14(9-10)26-18-15(12)17(23)20-16(21-18)11(2)25-19(24)13-5-4-8-22(13)3/h4-5,8,10-11H,6-7,9H2,1-3H3,(H,20,21,23)/t10-,11-/m1/s1. The summed E-state index contributed by atoms with van der Waals surface area (Å²) in [5.41, 5.74) is 1.47. The van der Waals surface area contributed by atoms with Gasteiger partial charge in [0.25, 0.3) is 5.56 Å². The Kier molecular flexibility index (Phi) is 4.19. The monoisotopic (exact) mass is 371 g/mol. The van der Waals surface area contributed by atoms with Gasteiger partial charge in [0, 0.05) is 18.1 Å². The van der Waals surface area contributed by atoms with Crippen LogP contribution in [0.3, 0.4) is 0 Å². The Morgan fingerprint density at radius 3 is 3.04 bits per heavy atom. The number of aromatic nitrogens is 3. The first-order valence-corrected chi connectivity index (χ1v) is 9.62. The van der Waals surface area contributed by atoms with Crippen LogP contribution < -0.4 is 5.56 Å². The fourth-order valence-electron chi connectivity index (χ4n) is 3.51. The Bertz CT molecular complexity index is 1050. The molecule has 0 aliphatic heterocycles. The summed E-state index contributed by atoms with van der Waals surface area (Å²) in [7, 11) is 1.78. The number of aryl methyl sites for hydroxylation is 2. The van der Waals surface area contributed by atoms with Crippen molar-refractivity contribution in [2.45, 2.75) is 39.2 Å². The quantitative estimate of drug-likeness (QED) is 0.716. The number of esters is 1. The van der Waals surface area contributed by atoms with Gasteiger partial charge in [0.05, 0.1) is 5.39 Å². The molecular weight excluding hydrogens is 350 g/mol. The lowest BCUT2D eigenvalue weighted by Crippen LogP contribution is -2.19. The van der Waals surface area contributed by atoms with E-state index >= 15 is 0 Å². The predicted molar refractivity (Wildman–Crippen MR) is 101 cm³/mol. The maximum absolute atomic E-state index is 12.7. The van der Waals surface area contributed by atoms with E-state index in [1.807, 2.05) is 0 Å². The molecule has 1 aliphatic rings. The highest BCUT2D eigenvalue weighted by molar-refractivity contribution is 7.18. The normalized spacial score (nSPS) is 17.9. The first-order valence-electron chi connectivity index (χ1n) is 8.80. The zero-order valence-electron chi connectivity index (χ0n) is 15.0. The van der Waals surface area contributed by atoms with Crippen molar-refractivity contribution >= 4 is 27.5 Å². The molecule has 0 spiro atoms. The van der Waals surface area contributed by atoms with E-state index in [-0.39, 0.29) is 5.56 Å². The van der Waals surface area contributed by atoms with E-state index < -0.39 is 12.1 Å². The van der Waals surface area contributed by atoms with Crippen LogP contribution in [-0.4, -0.2) is 20.5 Å².